The normalized spacial score (nSPS) is 19.7. The van der Waals surface area contributed by atoms with Gasteiger partial charge < -0.3 is 14.5 Å². The van der Waals surface area contributed by atoms with E-state index in [1.165, 1.54) is 37.3 Å². The van der Waals surface area contributed by atoms with Crippen molar-refractivity contribution in [3.63, 3.8) is 0 Å². The minimum Gasteiger partial charge on any atom is -0.488 e. The molecule has 1 aromatic carbocycles. The molecule has 1 atom stereocenters. The van der Waals surface area contributed by atoms with Crippen molar-refractivity contribution in [2.75, 3.05) is 26.2 Å². The summed E-state index contributed by atoms with van der Waals surface area (Å²) in [6.07, 6.45) is 4.77. The van der Waals surface area contributed by atoms with E-state index in [1.54, 1.807) is 6.07 Å². The molecule has 0 aliphatic carbocycles. The van der Waals surface area contributed by atoms with Gasteiger partial charge >= 0.3 is 0 Å². The van der Waals surface area contributed by atoms with Crippen LogP contribution in [0.25, 0.3) is 0 Å². The van der Waals surface area contributed by atoms with Crippen LogP contribution in [0.3, 0.4) is 0 Å². The summed E-state index contributed by atoms with van der Waals surface area (Å²) in [5.74, 6) is 0.865. The van der Waals surface area contributed by atoms with Gasteiger partial charge in [-0.1, -0.05) is 0 Å². The molecule has 0 spiro atoms. The molecule has 1 unspecified atom stereocenters. The Labute approximate surface area is 170 Å². The molecule has 146 valence electrons. The third-order valence-electron chi connectivity index (χ3n) is 5.56. The van der Waals surface area contributed by atoms with Crippen molar-refractivity contribution in [1.82, 2.24) is 9.80 Å². The highest BCUT2D eigenvalue weighted by molar-refractivity contribution is 7.12. The highest BCUT2D eigenvalue weighted by Gasteiger charge is 2.31. The molecule has 28 heavy (non-hydrogen) atoms. The number of amides is 1. The zero-order valence-electron chi connectivity index (χ0n) is 16.0. The van der Waals surface area contributed by atoms with Gasteiger partial charge in [0.1, 0.15) is 23.3 Å². The summed E-state index contributed by atoms with van der Waals surface area (Å²) in [7, 11) is 0. The summed E-state index contributed by atoms with van der Waals surface area (Å²) in [5.41, 5.74) is 0.726. The summed E-state index contributed by atoms with van der Waals surface area (Å²) in [4.78, 5) is 19.3. The first-order valence-corrected chi connectivity index (χ1v) is 10.8. The van der Waals surface area contributed by atoms with Crippen molar-refractivity contribution >= 4 is 17.2 Å². The van der Waals surface area contributed by atoms with Crippen molar-refractivity contribution in [1.29, 1.82) is 5.26 Å². The predicted octanol–water partition coefficient (Wildman–Crippen LogP) is 3.90. The summed E-state index contributed by atoms with van der Waals surface area (Å²) < 4.78 is 5.79. The number of rotatable bonds is 6. The van der Waals surface area contributed by atoms with E-state index in [1.807, 2.05) is 30.3 Å². The Morgan fingerprint density at radius 3 is 2.61 bits per heavy atom. The van der Waals surface area contributed by atoms with Crippen LogP contribution >= 0.6 is 11.3 Å². The summed E-state index contributed by atoms with van der Waals surface area (Å²) in [5, 5.41) is 8.89. The van der Waals surface area contributed by atoms with E-state index in [4.69, 9.17) is 10.00 Å². The van der Waals surface area contributed by atoms with Crippen LogP contribution in [-0.4, -0.2) is 47.9 Å². The van der Waals surface area contributed by atoms with Crippen LogP contribution in [0.2, 0.25) is 0 Å². The molecule has 2 aromatic rings. The highest BCUT2D eigenvalue weighted by Crippen LogP contribution is 2.24. The van der Waals surface area contributed by atoms with Crippen molar-refractivity contribution < 1.29 is 9.53 Å². The fourth-order valence-corrected chi connectivity index (χ4v) is 4.80. The van der Waals surface area contributed by atoms with E-state index in [0.717, 1.165) is 42.1 Å². The van der Waals surface area contributed by atoms with Gasteiger partial charge in [0.25, 0.3) is 5.91 Å². The molecule has 2 fully saturated rings. The van der Waals surface area contributed by atoms with Gasteiger partial charge in [-0.15, -0.1) is 11.3 Å². The lowest BCUT2D eigenvalue weighted by Gasteiger charge is -2.28. The molecule has 0 bridgehead atoms. The van der Waals surface area contributed by atoms with Gasteiger partial charge in [-0.05, 0) is 75.2 Å². The number of hydrogen-bond acceptors (Lipinski definition) is 5. The van der Waals surface area contributed by atoms with E-state index < -0.39 is 0 Å². The van der Waals surface area contributed by atoms with E-state index in [0.29, 0.717) is 17.5 Å². The average Bonchev–Trinajstić information content (AvgIpc) is 3.49. The maximum atomic E-state index is 13.0. The smallest absolute Gasteiger partial charge is 0.254 e. The number of benzene rings is 1. The first kappa shape index (κ1) is 19.0. The molecule has 3 heterocycles. The largest absolute Gasteiger partial charge is 0.488 e. The quantitative estimate of drug-likeness (QED) is 0.744. The van der Waals surface area contributed by atoms with Crippen molar-refractivity contribution in [3.05, 3.63) is 51.7 Å². The monoisotopic (exact) mass is 395 g/mol. The van der Waals surface area contributed by atoms with Gasteiger partial charge in [0, 0.05) is 29.6 Å². The molecule has 0 saturated carbocycles. The molecule has 4 rings (SSSR count). The Morgan fingerprint density at radius 1 is 1.11 bits per heavy atom. The molecular formula is C22H25N3O2S. The Morgan fingerprint density at radius 2 is 1.89 bits per heavy atom. The number of hydrogen-bond donors (Lipinski definition) is 0. The Hall–Kier alpha value is -2.36. The highest BCUT2D eigenvalue weighted by atomic mass is 32.1. The lowest BCUT2D eigenvalue weighted by atomic mass is 10.1. The molecule has 6 heteroatoms. The van der Waals surface area contributed by atoms with Crippen LogP contribution in [0.4, 0.5) is 0 Å². The van der Waals surface area contributed by atoms with Gasteiger partial charge in [-0.3, -0.25) is 4.79 Å². The predicted molar refractivity (Wildman–Crippen MR) is 110 cm³/mol. The number of nitrogens with zero attached hydrogens (tertiary/aromatic N) is 3. The molecule has 2 aliphatic rings. The summed E-state index contributed by atoms with van der Waals surface area (Å²) >= 11 is 1.44. The fraction of sp³-hybridized carbons (Fsp3) is 0.455. The van der Waals surface area contributed by atoms with Crippen LogP contribution in [-0.2, 0) is 6.61 Å². The van der Waals surface area contributed by atoms with E-state index in [-0.39, 0.29) is 5.91 Å². The number of ether oxygens (including phenoxy) is 1. The first-order chi connectivity index (χ1) is 13.7. The maximum absolute atomic E-state index is 13.0. The second-order valence-corrected chi connectivity index (χ2v) is 8.66. The van der Waals surface area contributed by atoms with Crippen molar-refractivity contribution in [2.24, 2.45) is 0 Å². The topological polar surface area (TPSA) is 56.6 Å². The second kappa shape index (κ2) is 8.76. The van der Waals surface area contributed by atoms with Crippen molar-refractivity contribution in [3.8, 4) is 11.8 Å². The molecule has 0 N–H and O–H groups in total. The molecular weight excluding hydrogens is 370 g/mol. The molecule has 2 saturated heterocycles. The average molecular weight is 396 g/mol. The number of thiophene rings is 1. The third-order valence-corrected chi connectivity index (χ3v) is 6.52. The Bertz CT molecular complexity index is 849. The number of likely N-dealkylation sites (tertiary alicyclic amines) is 2. The minimum absolute atomic E-state index is 0.130. The molecule has 1 amide bonds. The van der Waals surface area contributed by atoms with Crippen LogP contribution in [0.1, 0.15) is 45.8 Å². The first-order valence-electron chi connectivity index (χ1n) is 9.98. The number of carbonyl (C=O) groups is 1. The second-order valence-electron chi connectivity index (χ2n) is 7.49. The lowest BCUT2D eigenvalue weighted by molar-refractivity contribution is 0.0708. The summed E-state index contributed by atoms with van der Waals surface area (Å²) in [6.45, 7) is 4.65. The van der Waals surface area contributed by atoms with E-state index in [9.17, 15) is 4.79 Å². The molecule has 2 aliphatic heterocycles. The van der Waals surface area contributed by atoms with Gasteiger partial charge in [0.2, 0.25) is 0 Å². The van der Waals surface area contributed by atoms with E-state index in [2.05, 4.69) is 15.9 Å². The van der Waals surface area contributed by atoms with Crippen molar-refractivity contribution in [2.45, 2.75) is 38.3 Å². The Balaban J connectivity index is 1.34. The summed E-state index contributed by atoms with van der Waals surface area (Å²) in [6, 6.07) is 13.6. The van der Waals surface area contributed by atoms with Gasteiger partial charge in [-0.2, -0.15) is 5.26 Å². The fourth-order valence-electron chi connectivity index (χ4n) is 4.09. The van der Waals surface area contributed by atoms with Crippen LogP contribution in [0.5, 0.6) is 5.75 Å². The number of carbonyl (C=O) groups excluding carboxylic acids is 1. The Kier molecular flexibility index (Phi) is 5.94. The standard InChI is InChI=1S/C22H25N3O2S/c23-14-20-9-10-21(28-20)16-27-19-7-5-17(6-8-19)22(26)25-13-3-4-18(25)15-24-11-1-2-12-24/h5-10,18H,1-4,11-13,15-16H2. The van der Waals surface area contributed by atoms with Crippen LogP contribution in [0, 0.1) is 11.3 Å². The third kappa shape index (κ3) is 4.37. The molecule has 1 aromatic heterocycles. The van der Waals surface area contributed by atoms with Gasteiger partial charge in [-0.25, -0.2) is 0 Å². The SMILES string of the molecule is N#Cc1ccc(COc2ccc(C(=O)N3CCCC3CN3CCCC3)cc2)s1. The lowest BCUT2D eigenvalue weighted by Crippen LogP contribution is -2.42. The van der Waals surface area contributed by atoms with Gasteiger partial charge in [0.05, 0.1) is 0 Å². The van der Waals surface area contributed by atoms with E-state index >= 15 is 0 Å². The molecule has 5 nitrogen and oxygen atoms in total. The minimum atomic E-state index is 0.130. The zero-order valence-corrected chi connectivity index (χ0v) is 16.8. The van der Waals surface area contributed by atoms with Crippen LogP contribution in [0.15, 0.2) is 36.4 Å². The van der Waals surface area contributed by atoms with Crippen LogP contribution < -0.4 is 4.74 Å². The number of nitriles is 1. The molecule has 0 radical (unpaired) electrons. The maximum Gasteiger partial charge on any atom is 0.254 e. The zero-order chi connectivity index (χ0) is 19.3. The van der Waals surface area contributed by atoms with Gasteiger partial charge in [0.15, 0.2) is 0 Å².